The molecule has 0 aromatic rings. The number of aliphatic hydroxyl groups is 1. The van der Waals surface area contributed by atoms with Gasteiger partial charge in [-0.25, -0.2) is 4.79 Å². The third kappa shape index (κ3) is 4.06. The van der Waals surface area contributed by atoms with Crippen LogP contribution >= 0.6 is 0 Å². The van der Waals surface area contributed by atoms with E-state index in [1.165, 1.54) is 12.0 Å². The lowest BCUT2D eigenvalue weighted by Crippen LogP contribution is -2.57. The smallest absolute Gasteiger partial charge is 0.326 e. The first-order valence-electron chi connectivity index (χ1n) is 8.59. The van der Waals surface area contributed by atoms with Crippen molar-refractivity contribution < 1.29 is 28.6 Å². The molecule has 0 aromatic carbocycles. The van der Waals surface area contributed by atoms with E-state index in [2.05, 4.69) is 39.2 Å². The van der Waals surface area contributed by atoms with Crippen molar-refractivity contribution in [1.82, 2.24) is 10.2 Å². The van der Waals surface area contributed by atoms with E-state index in [1.807, 2.05) is 0 Å². The third-order valence-corrected chi connectivity index (χ3v) is 9.84. The largest absolute Gasteiger partial charge is 0.408 e. The maximum absolute atomic E-state index is 12.2. The summed E-state index contributed by atoms with van der Waals surface area (Å²) in [4.78, 5) is 25.0. The highest BCUT2D eigenvalue weighted by Crippen LogP contribution is 2.40. The fourth-order valence-corrected chi connectivity index (χ4v) is 4.16. The van der Waals surface area contributed by atoms with Crippen LogP contribution in [-0.2, 0) is 18.7 Å². The Kier molecular flexibility index (Phi) is 5.94. The lowest BCUT2D eigenvalue weighted by Gasteiger charge is -2.40. The lowest BCUT2D eigenvalue weighted by molar-refractivity contribution is -0.126. The molecule has 2 rings (SSSR count). The van der Waals surface area contributed by atoms with Gasteiger partial charge in [-0.05, 0) is 18.1 Å². The van der Waals surface area contributed by atoms with Gasteiger partial charge >= 0.3 is 6.03 Å². The Balaban J connectivity index is 2.23. The number of ether oxygens (including phenoxy) is 2. The maximum Gasteiger partial charge on any atom is 0.326 e. The molecule has 0 aliphatic carbocycles. The minimum Gasteiger partial charge on any atom is -0.408 e. The molecule has 2 aliphatic rings. The van der Waals surface area contributed by atoms with Crippen LogP contribution in [0.1, 0.15) is 27.2 Å². The Bertz CT molecular complexity index is 521. The normalized spacial score (nSPS) is 31.4. The lowest BCUT2D eigenvalue weighted by atomic mass is 10.1. The molecule has 2 heterocycles. The summed E-state index contributed by atoms with van der Waals surface area (Å²) in [6.07, 6.45) is -2.10. The highest BCUT2D eigenvalue weighted by molar-refractivity contribution is 6.74. The molecule has 9 heteroatoms. The van der Waals surface area contributed by atoms with Gasteiger partial charge in [-0.2, -0.15) is 0 Å². The van der Waals surface area contributed by atoms with E-state index >= 15 is 0 Å². The van der Waals surface area contributed by atoms with Crippen LogP contribution in [0.25, 0.3) is 0 Å². The van der Waals surface area contributed by atoms with Crippen LogP contribution in [0.4, 0.5) is 4.79 Å². The Labute approximate surface area is 149 Å². The first-order chi connectivity index (χ1) is 11.5. The Hall–Kier alpha value is -1.00. The van der Waals surface area contributed by atoms with Crippen LogP contribution in [-0.4, -0.2) is 75.1 Å². The number of rotatable bonds is 5. The number of methoxy groups -OCH3 is 1. The van der Waals surface area contributed by atoms with E-state index in [-0.39, 0.29) is 30.5 Å². The molecule has 2 aliphatic heterocycles. The first-order valence-corrected chi connectivity index (χ1v) is 11.5. The number of amides is 3. The van der Waals surface area contributed by atoms with Crippen molar-refractivity contribution in [2.24, 2.45) is 0 Å². The molecule has 3 amide bonds. The Morgan fingerprint density at radius 1 is 1.32 bits per heavy atom. The van der Waals surface area contributed by atoms with Crippen molar-refractivity contribution in [2.75, 3.05) is 20.3 Å². The molecule has 2 saturated heterocycles. The van der Waals surface area contributed by atoms with Crippen LogP contribution in [0.15, 0.2) is 0 Å². The number of nitrogens with one attached hydrogen (secondary N) is 1. The molecule has 0 spiro atoms. The van der Waals surface area contributed by atoms with E-state index in [0.717, 1.165) is 0 Å². The molecule has 0 bridgehead atoms. The van der Waals surface area contributed by atoms with Crippen LogP contribution in [0.5, 0.6) is 0 Å². The first kappa shape index (κ1) is 20.3. The number of aliphatic hydroxyl groups excluding tert-OH is 1. The zero-order valence-electron chi connectivity index (χ0n) is 15.9. The van der Waals surface area contributed by atoms with Gasteiger partial charge in [0, 0.05) is 20.1 Å². The number of carbonyl (C=O) groups excluding carboxylic acids is 2. The molecule has 0 unspecified atom stereocenters. The summed E-state index contributed by atoms with van der Waals surface area (Å²) in [7, 11) is -0.600. The molecule has 2 fully saturated rings. The summed E-state index contributed by atoms with van der Waals surface area (Å²) in [5.74, 6) is -0.305. The van der Waals surface area contributed by atoms with Gasteiger partial charge in [0.05, 0.1) is 6.61 Å². The van der Waals surface area contributed by atoms with Crippen molar-refractivity contribution in [1.29, 1.82) is 0 Å². The molecule has 0 radical (unpaired) electrons. The van der Waals surface area contributed by atoms with Gasteiger partial charge in [0.25, 0.3) is 0 Å². The van der Waals surface area contributed by atoms with Gasteiger partial charge in [-0.15, -0.1) is 0 Å². The molecule has 0 aromatic heterocycles. The minimum absolute atomic E-state index is 0.0156. The summed E-state index contributed by atoms with van der Waals surface area (Å²) in [6.45, 7) is 10.6. The predicted octanol–water partition coefficient (Wildman–Crippen LogP) is 1.05. The molecule has 144 valence electrons. The molecular formula is C16H30N2O6Si. The average Bonchev–Trinajstić information content (AvgIpc) is 2.82. The van der Waals surface area contributed by atoms with E-state index < -0.39 is 38.9 Å². The van der Waals surface area contributed by atoms with Gasteiger partial charge in [0.15, 0.2) is 14.5 Å². The second-order valence-corrected chi connectivity index (χ2v) is 12.8. The van der Waals surface area contributed by atoms with E-state index in [4.69, 9.17) is 13.9 Å². The molecule has 4 atom stereocenters. The fourth-order valence-electron chi connectivity index (χ4n) is 2.84. The van der Waals surface area contributed by atoms with Crippen LogP contribution in [0.3, 0.4) is 0 Å². The summed E-state index contributed by atoms with van der Waals surface area (Å²) in [5, 5.41) is 12.0. The second kappa shape index (κ2) is 7.32. The second-order valence-electron chi connectivity index (χ2n) is 8.09. The highest BCUT2D eigenvalue weighted by atomic mass is 28.4. The van der Waals surface area contributed by atoms with E-state index in [0.29, 0.717) is 0 Å². The molecule has 2 N–H and O–H groups in total. The average molecular weight is 375 g/mol. The van der Waals surface area contributed by atoms with E-state index in [9.17, 15) is 14.7 Å². The molecule has 25 heavy (non-hydrogen) atoms. The number of carbonyl (C=O) groups is 2. The summed E-state index contributed by atoms with van der Waals surface area (Å²) in [6, 6.07) is -0.507. The Morgan fingerprint density at radius 3 is 2.44 bits per heavy atom. The van der Waals surface area contributed by atoms with Gasteiger partial charge in [0.1, 0.15) is 18.3 Å². The molecule has 8 nitrogen and oxygen atoms in total. The summed E-state index contributed by atoms with van der Waals surface area (Å²) in [5.41, 5.74) is 0. The summed E-state index contributed by atoms with van der Waals surface area (Å²) >= 11 is 0. The third-order valence-electron chi connectivity index (χ3n) is 5.37. The fraction of sp³-hybridized carbons (Fsp3) is 0.875. The van der Waals surface area contributed by atoms with Gasteiger partial charge in [-0.1, -0.05) is 20.8 Å². The van der Waals surface area contributed by atoms with Crippen molar-refractivity contribution in [3.63, 3.8) is 0 Å². The minimum atomic E-state index is -2.14. The predicted molar refractivity (Wildman–Crippen MR) is 93.5 cm³/mol. The molecule has 0 saturated carbocycles. The zero-order chi connectivity index (χ0) is 19.0. The standard InChI is InChI=1S/C16H30N2O6Si/c1-16(2,3)25(5,6)24-12-10(9-19)23-14(13(12)22-4)18-8-7-11(20)17-15(18)21/h10,12-14,19H,7-9H2,1-6H3,(H,17,20,21)/t10-,12-,13-,14-/m1/s1. The van der Waals surface area contributed by atoms with Crippen LogP contribution in [0.2, 0.25) is 18.1 Å². The van der Waals surface area contributed by atoms with Crippen molar-refractivity contribution in [2.45, 2.75) is 69.9 Å². The number of hydrogen-bond donors (Lipinski definition) is 2. The maximum atomic E-state index is 12.2. The van der Waals surface area contributed by atoms with Gasteiger partial charge < -0.3 is 19.0 Å². The van der Waals surface area contributed by atoms with Crippen molar-refractivity contribution in [3.05, 3.63) is 0 Å². The highest BCUT2D eigenvalue weighted by Gasteiger charge is 2.53. The zero-order valence-corrected chi connectivity index (χ0v) is 16.9. The number of hydrogen-bond acceptors (Lipinski definition) is 6. The van der Waals surface area contributed by atoms with Gasteiger partial charge in [0.2, 0.25) is 5.91 Å². The quantitative estimate of drug-likeness (QED) is 0.698. The van der Waals surface area contributed by atoms with Crippen LogP contribution < -0.4 is 5.32 Å². The van der Waals surface area contributed by atoms with Gasteiger partial charge in [-0.3, -0.25) is 15.0 Å². The monoisotopic (exact) mass is 374 g/mol. The van der Waals surface area contributed by atoms with Crippen molar-refractivity contribution in [3.8, 4) is 0 Å². The SMILES string of the molecule is CO[C@@H]1[C@H](O[Si](C)(C)C(C)(C)C)[C@@H](CO)O[C@H]1N1CCC(=O)NC1=O. The van der Waals surface area contributed by atoms with Crippen molar-refractivity contribution >= 4 is 20.3 Å². The van der Waals surface area contributed by atoms with Crippen LogP contribution in [0, 0.1) is 0 Å². The molecular weight excluding hydrogens is 344 g/mol. The topological polar surface area (TPSA) is 97.3 Å². The van der Waals surface area contributed by atoms with E-state index in [1.54, 1.807) is 0 Å². The number of urea groups is 1. The summed E-state index contributed by atoms with van der Waals surface area (Å²) < 4.78 is 18.0. The number of imide groups is 1. The number of nitrogens with zero attached hydrogens (tertiary/aromatic N) is 1. The Morgan fingerprint density at radius 2 is 1.96 bits per heavy atom.